The van der Waals surface area contributed by atoms with Crippen LogP contribution in [0, 0.1) is 31.0 Å². The number of rotatable bonds is 1. The molecular formula is C18H18ClNO4. The van der Waals surface area contributed by atoms with Crippen molar-refractivity contribution in [3.05, 3.63) is 71.4 Å². The summed E-state index contributed by atoms with van der Waals surface area (Å²) >= 11 is 0. The van der Waals surface area contributed by atoms with Gasteiger partial charge < -0.3 is 0 Å². The lowest BCUT2D eigenvalue weighted by molar-refractivity contribution is -2.00. The van der Waals surface area contributed by atoms with Gasteiger partial charge in [-0.1, -0.05) is 29.3 Å². The molecule has 0 aliphatic rings. The third kappa shape index (κ3) is 4.99. The van der Waals surface area contributed by atoms with E-state index >= 15 is 0 Å². The van der Waals surface area contributed by atoms with Crippen molar-refractivity contribution in [3.63, 3.8) is 0 Å². The Morgan fingerprint density at radius 3 is 1.88 bits per heavy atom. The molecule has 0 fully saturated rings. The van der Waals surface area contributed by atoms with Crippen LogP contribution in [0.3, 0.4) is 0 Å². The summed E-state index contributed by atoms with van der Waals surface area (Å²) in [7, 11) is -4.94. The Morgan fingerprint density at radius 2 is 1.29 bits per heavy atom. The monoisotopic (exact) mass is 347 g/mol. The Hall–Kier alpha value is -2.02. The maximum atomic E-state index is 8.49. The lowest BCUT2D eigenvalue weighted by Crippen LogP contribution is -2.68. The van der Waals surface area contributed by atoms with Gasteiger partial charge in [0.2, 0.25) is 11.2 Å². The van der Waals surface area contributed by atoms with Gasteiger partial charge in [0.05, 0.1) is 5.39 Å². The lowest BCUT2D eigenvalue weighted by Gasteiger charge is -2.17. The van der Waals surface area contributed by atoms with Crippen LogP contribution in [0.5, 0.6) is 0 Å². The summed E-state index contributed by atoms with van der Waals surface area (Å²) in [5.41, 5.74) is 6.38. The van der Waals surface area contributed by atoms with Crippen LogP contribution in [0.25, 0.3) is 16.6 Å². The van der Waals surface area contributed by atoms with Crippen molar-refractivity contribution in [1.29, 1.82) is 0 Å². The number of hydrogen-bond acceptors (Lipinski definition) is 4. The maximum Gasteiger partial charge on any atom is 0.218 e. The molecule has 1 aromatic heterocycles. The van der Waals surface area contributed by atoms with E-state index in [9.17, 15) is 0 Å². The van der Waals surface area contributed by atoms with E-state index in [0.29, 0.717) is 0 Å². The van der Waals surface area contributed by atoms with Gasteiger partial charge in [-0.05, 0) is 32.4 Å². The van der Waals surface area contributed by atoms with E-state index in [2.05, 4.69) is 80.1 Å². The molecule has 0 spiro atoms. The molecule has 3 rings (SSSR count). The standard InChI is InChI=1S/C18H18N.ClHO4/c1-13-4-7-16(8-5-13)19-11-10-15(3)17-12-14(2)6-9-18(17)19;2-1(3,4)5/h4-12H,1-3H3;(H,2,3,4,5)/q+1;/p-1. The van der Waals surface area contributed by atoms with Crippen molar-refractivity contribution >= 4 is 10.9 Å². The quantitative estimate of drug-likeness (QED) is 0.543. The molecule has 5 nitrogen and oxygen atoms in total. The number of pyridine rings is 1. The molecule has 0 aliphatic heterocycles. The van der Waals surface area contributed by atoms with Gasteiger partial charge in [0.1, 0.15) is 0 Å². The van der Waals surface area contributed by atoms with Crippen molar-refractivity contribution in [1.82, 2.24) is 0 Å². The highest BCUT2D eigenvalue weighted by Gasteiger charge is 2.13. The van der Waals surface area contributed by atoms with Crippen LogP contribution in [-0.2, 0) is 0 Å². The van der Waals surface area contributed by atoms with Crippen LogP contribution in [0.4, 0.5) is 0 Å². The fraction of sp³-hybridized carbons (Fsp3) is 0.167. The minimum Gasteiger partial charge on any atom is -0.222 e. The van der Waals surface area contributed by atoms with Crippen LogP contribution in [0.1, 0.15) is 16.7 Å². The second kappa shape index (κ2) is 7.25. The van der Waals surface area contributed by atoms with Gasteiger partial charge in [0.25, 0.3) is 0 Å². The van der Waals surface area contributed by atoms with Crippen LogP contribution >= 0.6 is 0 Å². The first kappa shape index (κ1) is 18.3. The van der Waals surface area contributed by atoms with Gasteiger partial charge in [0, 0.05) is 24.3 Å². The van der Waals surface area contributed by atoms with Crippen molar-refractivity contribution < 1.29 is 33.4 Å². The number of fused-ring (bicyclic) bond motifs is 1. The lowest BCUT2D eigenvalue weighted by atomic mass is 10.1. The Bertz CT molecular complexity index is 836. The van der Waals surface area contributed by atoms with Crippen molar-refractivity contribution in [3.8, 4) is 5.69 Å². The van der Waals surface area contributed by atoms with Crippen molar-refractivity contribution in [2.24, 2.45) is 0 Å². The average molecular weight is 348 g/mol. The minimum absolute atomic E-state index is 1.21. The Labute approximate surface area is 142 Å². The van der Waals surface area contributed by atoms with Crippen LogP contribution in [0.15, 0.2) is 54.7 Å². The summed E-state index contributed by atoms with van der Waals surface area (Å²) in [5, 5.41) is 1.32. The van der Waals surface area contributed by atoms with E-state index in [-0.39, 0.29) is 0 Å². The molecule has 3 aromatic rings. The van der Waals surface area contributed by atoms with Gasteiger partial charge in [0.15, 0.2) is 6.20 Å². The smallest absolute Gasteiger partial charge is 0.218 e. The van der Waals surface area contributed by atoms with Crippen LogP contribution < -0.4 is 23.2 Å². The van der Waals surface area contributed by atoms with Gasteiger partial charge in [-0.15, -0.1) is 10.2 Å². The zero-order valence-electron chi connectivity index (χ0n) is 13.7. The third-order valence-corrected chi connectivity index (χ3v) is 3.62. The Morgan fingerprint density at radius 1 is 0.750 bits per heavy atom. The number of nitrogens with zero attached hydrogens (tertiary/aromatic N) is 1. The fourth-order valence-corrected chi connectivity index (χ4v) is 2.46. The summed E-state index contributed by atoms with van der Waals surface area (Å²) < 4.78 is 36.2. The van der Waals surface area contributed by atoms with Gasteiger partial charge in [-0.2, -0.15) is 4.57 Å². The van der Waals surface area contributed by atoms with E-state index in [1.54, 1.807) is 0 Å². The second-order valence-electron chi connectivity index (χ2n) is 5.60. The van der Waals surface area contributed by atoms with E-state index in [1.165, 1.54) is 33.3 Å². The normalized spacial score (nSPS) is 11.1. The SMILES string of the molecule is Cc1ccc(-[n+]2ccc(C)c3cc(C)ccc32)cc1.[O-][Cl+3]([O-])([O-])[O-]. The van der Waals surface area contributed by atoms with Gasteiger partial charge in [-0.25, -0.2) is 18.6 Å². The summed E-state index contributed by atoms with van der Waals surface area (Å²) in [5.74, 6) is 0. The molecule has 0 atom stereocenters. The van der Waals surface area contributed by atoms with E-state index < -0.39 is 10.2 Å². The highest BCUT2D eigenvalue weighted by molar-refractivity contribution is 5.80. The number of aromatic nitrogens is 1. The molecule has 126 valence electrons. The Balaban J connectivity index is 0.000000368. The molecule has 24 heavy (non-hydrogen) atoms. The summed E-state index contributed by atoms with van der Waals surface area (Å²) in [4.78, 5) is 0. The van der Waals surface area contributed by atoms with E-state index in [0.717, 1.165) is 0 Å². The van der Waals surface area contributed by atoms with Crippen molar-refractivity contribution in [2.75, 3.05) is 0 Å². The molecule has 0 bridgehead atoms. The van der Waals surface area contributed by atoms with Crippen LogP contribution in [0.2, 0.25) is 0 Å². The highest BCUT2D eigenvalue weighted by atomic mass is 35.7. The summed E-state index contributed by atoms with van der Waals surface area (Å²) in [6, 6.07) is 17.5. The average Bonchev–Trinajstić information content (AvgIpc) is 2.48. The number of halogens is 1. The molecule has 0 aliphatic carbocycles. The predicted octanol–water partition coefficient (Wildman–Crippen LogP) is -0.714. The molecule has 1 heterocycles. The number of benzene rings is 2. The topological polar surface area (TPSA) is 96.1 Å². The Kier molecular flexibility index (Phi) is 5.54. The minimum atomic E-state index is -4.94. The third-order valence-electron chi connectivity index (χ3n) is 3.62. The molecule has 0 saturated heterocycles. The van der Waals surface area contributed by atoms with Gasteiger partial charge in [-0.3, -0.25) is 0 Å². The molecule has 0 amide bonds. The first-order chi connectivity index (χ1) is 11.1. The molecule has 6 heteroatoms. The molecule has 2 aromatic carbocycles. The van der Waals surface area contributed by atoms with E-state index in [4.69, 9.17) is 18.6 Å². The first-order valence-electron chi connectivity index (χ1n) is 7.25. The zero-order valence-corrected chi connectivity index (χ0v) is 14.4. The molecular weight excluding hydrogens is 330 g/mol. The second-order valence-corrected chi connectivity index (χ2v) is 6.36. The maximum absolute atomic E-state index is 8.49. The highest BCUT2D eigenvalue weighted by Crippen LogP contribution is 2.18. The van der Waals surface area contributed by atoms with E-state index in [1.807, 2.05) is 0 Å². The van der Waals surface area contributed by atoms with Crippen LogP contribution in [-0.4, -0.2) is 0 Å². The first-order valence-corrected chi connectivity index (χ1v) is 8.49. The number of hydrogen-bond donors (Lipinski definition) is 0. The predicted molar refractivity (Wildman–Crippen MR) is 79.7 cm³/mol. The summed E-state index contributed by atoms with van der Waals surface area (Å²) in [6.45, 7) is 6.43. The van der Waals surface area contributed by atoms with Crippen molar-refractivity contribution in [2.45, 2.75) is 20.8 Å². The molecule has 0 N–H and O–H groups in total. The van der Waals surface area contributed by atoms with Gasteiger partial charge >= 0.3 is 0 Å². The largest absolute Gasteiger partial charge is 0.222 e. The number of aryl methyl sites for hydroxylation is 3. The molecule has 0 saturated carbocycles. The fourth-order valence-electron chi connectivity index (χ4n) is 2.46. The molecule has 0 radical (unpaired) electrons. The summed E-state index contributed by atoms with van der Waals surface area (Å²) in [6.07, 6.45) is 2.15. The molecule has 0 unspecified atom stereocenters. The zero-order chi connectivity index (χ0) is 17.9.